The number of ketones is 1. The Labute approximate surface area is 234 Å². The van der Waals surface area contributed by atoms with Crippen LogP contribution in [-0.4, -0.2) is 67.2 Å². The second-order valence-corrected chi connectivity index (χ2v) is 10.7. The van der Waals surface area contributed by atoms with E-state index in [0.29, 0.717) is 48.9 Å². The maximum atomic E-state index is 13.9. The summed E-state index contributed by atoms with van der Waals surface area (Å²) in [6, 6.07) is 6.06. The van der Waals surface area contributed by atoms with Crippen molar-refractivity contribution >= 4 is 17.8 Å². The van der Waals surface area contributed by atoms with E-state index < -0.39 is 29.9 Å². The van der Waals surface area contributed by atoms with Crippen molar-refractivity contribution in [2.24, 2.45) is 0 Å². The van der Waals surface area contributed by atoms with Crippen molar-refractivity contribution < 1.29 is 43.1 Å². The fourth-order valence-electron chi connectivity index (χ4n) is 4.88. The van der Waals surface area contributed by atoms with Gasteiger partial charge in [-0.15, -0.1) is 0 Å². The second-order valence-electron chi connectivity index (χ2n) is 10.7. The zero-order chi connectivity index (χ0) is 29.4. The summed E-state index contributed by atoms with van der Waals surface area (Å²) >= 11 is 0. The van der Waals surface area contributed by atoms with E-state index in [0.717, 1.165) is 16.7 Å². The first-order chi connectivity index (χ1) is 18.9. The zero-order valence-electron chi connectivity index (χ0n) is 23.8. The van der Waals surface area contributed by atoms with Crippen LogP contribution in [0.25, 0.3) is 17.2 Å². The Morgan fingerprint density at radius 3 is 2.42 bits per heavy atom. The van der Waals surface area contributed by atoms with Crippen molar-refractivity contribution in [3.8, 4) is 22.6 Å². The van der Waals surface area contributed by atoms with Gasteiger partial charge in [0.25, 0.3) is 0 Å². The summed E-state index contributed by atoms with van der Waals surface area (Å²) in [6.07, 6.45) is 1.68. The lowest BCUT2D eigenvalue weighted by molar-refractivity contribution is -0.140. The van der Waals surface area contributed by atoms with Gasteiger partial charge in [0.2, 0.25) is 0 Å². The van der Waals surface area contributed by atoms with Crippen LogP contribution in [0.1, 0.15) is 63.1 Å². The molecule has 0 radical (unpaired) electrons. The number of Topliss-reactive ketones (excluding diaryl/α,β-unsaturated/α-hetero) is 1. The first-order valence-electron chi connectivity index (χ1n) is 13.4. The molecule has 2 aromatic rings. The van der Waals surface area contributed by atoms with Gasteiger partial charge in [-0.2, -0.15) is 0 Å². The minimum Gasteiger partial charge on any atom is -0.487 e. The van der Waals surface area contributed by atoms with Gasteiger partial charge >= 0.3 is 5.97 Å². The Hall–Kier alpha value is -3.27. The number of fused-ring (bicyclic) bond motifs is 1. The van der Waals surface area contributed by atoms with Gasteiger partial charge in [-0.3, -0.25) is 9.59 Å². The van der Waals surface area contributed by atoms with E-state index in [9.17, 15) is 19.1 Å². The highest BCUT2D eigenvalue weighted by Crippen LogP contribution is 2.53. The SMILES string of the molecule is COCCOCCOc1c2c(c(C(C)C)c(/C=C/C(O)CC(=O)CC(=O)O)c1-c1ccc(F)cc1)CC(C)(C)O2. The maximum absolute atomic E-state index is 13.9. The Morgan fingerprint density at radius 2 is 1.80 bits per heavy atom. The van der Waals surface area contributed by atoms with Crippen molar-refractivity contribution in [1.29, 1.82) is 0 Å². The number of aliphatic hydroxyl groups excluding tert-OH is 1. The number of rotatable bonds is 15. The predicted molar refractivity (Wildman–Crippen MR) is 149 cm³/mol. The third-order valence-electron chi connectivity index (χ3n) is 6.46. The molecule has 0 amide bonds. The van der Waals surface area contributed by atoms with Gasteiger partial charge < -0.3 is 29.2 Å². The van der Waals surface area contributed by atoms with E-state index in [4.69, 9.17) is 24.1 Å². The molecule has 0 aromatic heterocycles. The molecule has 2 aromatic carbocycles. The summed E-state index contributed by atoms with van der Waals surface area (Å²) in [4.78, 5) is 22.9. The van der Waals surface area contributed by atoms with E-state index in [1.165, 1.54) is 18.2 Å². The lowest BCUT2D eigenvalue weighted by Gasteiger charge is -2.24. The number of methoxy groups -OCH3 is 1. The van der Waals surface area contributed by atoms with Gasteiger partial charge in [0.15, 0.2) is 11.5 Å². The molecular formula is C31H39FO8. The molecule has 218 valence electrons. The number of carboxylic acids is 1. The molecule has 3 rings (SSSR count). The van der Waals surface area contributed by atoms with Crippen molar-refractivity contribution in [3.63, 3.8) is 0 Å². The van der Waals surface area contributed by atoms with Crippen LogP contribution in [0.2, 0.25) is 0 Å². The van der Waals surface area contributed by atoms with Gasteiger partial charge in [0.05, 0.1) is 25.9 Å². The van der Waals surface area contributed by atoms with Crippen molar-refractivity contribution in [3.05, 3.63) is 52.8 Å². The molecule has 0 spiro atoms. The number of aliphatic carboxylic acids is 1. The highest BCUT2D eigenvalue weighted by Gasteiger charge is 2.38. The van der Waals surface area contributed by atoms with Crippen LogP contribution in [0.15, 0.2) is 30.3 Å². The quantitative estimate of drug-likeness (QED) is 0.227. The molecular weight excluding hydrogens is 519 g/mol. The summed E-state index contributed by atoms with van der Waals surface area (Å²) in [5, 5.41) is 19.5. The Kier molecular flexibility index (Phi) is 10.8. The summed E-state index contributed by atoms with van der Waals surface area (Å²) < 4.78 is 37.3. The minimum atomic E-state index is -1.24. The average Bonchev–Trinajstić information content (AvgIpc) is 3.18. The Balaban J connectivity index is 2.16. The summed E-state index contributed by atoms with van der Waals surface area (Å²) in [5.41, 5.74) is 3.58. The molecule has 0 fully saturated rings. The standard InChI is InChI=1S/C31H39FO8/c1-19(2)27-24(11-10-22(33)16-23(34)17-26(35)36)28(20-6-8-21(32)9-7-20)30(39-15-14-38-13-12-37-5)29-25(27)18-31(3,4)40-29/h6-11,19,22,33H,12-18H2,1-5H3,(H,35,36)/b11-10+. The number of carboxylic acid groups (broad SMARTS) is 1. The van der Waals surface area contributed by atoms with Gasteiger partial charge in [-0.1, -0.05) is 38.1 Å². The number of ether oxygens (including phenoxy) is 4. The number of aliphatic hydroxyl groups is 1. The van der Waals surface area contributed by atoms with Crippen LogP contribution >= 0.6 is 0 Å². The average molecular weight is 559 g/mol. The Morgan fingerprint density at radius 1 is 1.12 bits per heavy atom. The predicted octanol–water partition coefficient (Wildman–Crippen LogP) is 5.18. The number of carbonyl (C=O) groups excluding carboxylic acids is 1. The van der Waals surface area contributed by atoms with Crippen LogP contribution in [0, 0.1) is 5.82 Å². The molecule has 0 bridgehead atoms. The molecule has 1 unspecified atom stereocenters. The molecule has 1 aliphatic rings. The normalized spacial score (nSPS) is 14.8. The molecule has 8 nitrogen and oxygen atoms in total. The molecule has 0 saturated heterocycles. The maximum Gasteiger partial charge on any atom is 0.310 e. The fraction of sp³-hybridized carbons (Fsp3) is 0.484. The topological polar surface area (TPSA) is 112 Å². The first-order valence-corrected chi connectivity index (χ1v) is 13.4. The summed E-state index contributed by atoms with van der Waals surface area (Å²) in [5.74, 6) is -1.04. The van der Waals surface area contributed by atoms with E-state index in [1.54, 1.807) is 25.3 Å². The fourth-order valence-corrected chi connectivity index (χ4v) is 4.88. The largest absolute Gasteiger partial charge is 0.487 e. The molecule has 40 heavy (non-hydrogen) atoms. The number of benzene rings is 2. The van der Waals surface area contributed by atoms with Gasteiger partial charge in [-0.25, -0.2) is 4.39 Å². The highest BCUT2D eigenvalue weighted by atomic mass is 19.1. The van der Waals surface area contributed by atoms with Crippen LogP contribution < -0.4 is 9.47 Å². The van der Waals surface area contributed by atoms with Crippen molar-refractivity contribution in [2.75, 3.05) is 33.5 Å². The third kappa shape index (κ3) is 8.13. The van der Waals surface area contributed by atoms with Gasteiger partial charge in [-0.05, 0) is 48.6 Å². The van der Waals surface area contributed by atoms with E-state index in [1.807, 2.05) is 13.8 Å². The number of hydrogen-bond acceptors (Lipinski definition) is 7. The van der Waals surface area contributed by atoms with Crippen LogP contribution in [0.4, 0.5) is 4.39 Å². The number of halogens is 1. The smallest absolute Gasteiger partial charge is 0.310 e. The summed E-state index contributed by atoms with van der Waals surface area (Å²) in [7, 11) is 1.60. The zero-order valence-corrected chi connectivity index (χ0v) is 23.8. The molecule has 0 aliphatic carbocycles. The van der Waals surface area contributed by atoms with E-state index in [-0.39, 0.29) is 24.8 Å². The molecule has 1 heterocycles. The van der Waals surface area contributed by atoms with Crippen LogP contribution in [-0.2, 0) is 25.5 Å². The summed E-state index contributed by atoms with van der Waals surface area (Å²) in [6.45, 7) is 9.54. The van der Waals surface area contributed by atoms with Crippen molar-refractivity contribution in [1.82, 2.24) is 0 Å². The van der Waals surface area contributed by atoms with Gasteiger partial charge in [0.1, 0.15) is 30.2 Å². The first kappa shape index (κ1) is 31.3. The molecule has 2 N–H and O–H groups in total. The second kappa shape index (κ2) is 13.9. The lowest BCUT2D eigenvalue weighted by Crippen LogP contribution is -2.25. The number of carbonyl (C=O) groups is 2. The minimum absolute atomic E-state index is 0.0438. The van der Waals surface area contributed by atoms with Gasteiger partial charge in [0, 0.05) is 31.1 Å². The number of hydrogen-bond donors (Lipinski definition) is 2. The van der Waals surface area contributed by atoms with Crippen LogP contribution in [0.3, 0.4) is 0 Å². The highest BCUT2D eigenvalue weighted by molar-refractivity contribution is 5.95. The Bertz CT molecular complexity index is 1220. The monoisotopic (exact) mass is 558 g/mol. The third-order valence-corrected chi connectivity index (χ3v) is 6.46. The van der Waals surface area contributed by atoms with E-state index >= 15 is 0 Å². The lowest BCUT2D eigenvalue weighted by atomic mass is 9.83. The van der Waals surface area contributed by atoms with Crippen molar-refractivity contribution in [2.45, 2.75) is 64.6 Å². The molecule has 0 saturated carbocycles. The van der Waals surface area contributed by atoms with Crippen LogP contribution in [0.5, 0.6) is 11.5 Å². The van der Waals surface area contributed by atoms with E-state index in [2.05, 4.69) is 13.8 Å². The molecule has 9 heteroatoms. The molecule has 1 aliphatic heterocycles. The molecule has 1 atom stereocenters.